The van der Waals surface area contributed by atoms with E-state index in [9.17, 15) is 8.42 Å². The van der Waals surface area contributed by atoms with Gasteiger partial charge in [-0.25, -0.2) is 13.1 Å². The van der Waals surface area contributed by atoms with Crippen molar-refractivity contribution in [3.8, 4) is 5.75 Å². The van der Waals surface area contributed by atoms with E-state index in [-0.39, 0.29) is 6.61 Å². The third kappa shape index (κ3) is 5.77. The summed E-state index contributed by atoms with van der Waals surface area (Å²) < 4.78 is 39.0. The number of hydrogen-bond donors (Lipinski definition) is 1. The van der Waals surface area contributed by atoms with Gasteiger partial charge in [-0.1, -0.05) is 42.5 Å². The van der Waals surface area contributed by atoms with E-state index >= 15 is 0 Å². The lowest BCUT2D eigenvalue weighted by atomic mass is 10.0. The summed E-state index contributed by atoms with van der Waals surface area (Å²) in [4.78, 5) is 5.54. The van der Waals surface area contributed by atoms with E-state index in [1.165, 1.54) is 0 Å². The van der Waals surface area contributed by atoms with Crippen LogP contribution in [-0.2, 0) is 26.2 Å². The fourth-order valence-corrected chi connectivity index (χ4v) is 4.87. The van der Waals surface area contributed by atoms with Crippen LogP contribution in [-0.4, -0.2) is 52.6 Å². The minimum atomic E-state index is -3.53. The quantitative estimate of drug-likeness (QED) is 0.595. The minimum absolute atomic E-state index is 0.118. The molecule has 7 nitrogen and oxygen atoms in total. The number of hydrogen-bond acceptors (Lipinski definition) is 6. The molecule has 0 spiro atoms. The lowest BCUT2D eigenvalue weighted by molar-refractivity contribution is -0.110. The average Bonchev–Trinajstić information content (AvgIpc) is 3.13. The lowest BCUT2D eigenvalue weighted by Gasteiger charge is -2.23. The molecule has 1 fully saturated rings. The van der Waals surface area contributed by atoms with Crippen LogP contribution in [0.3, 0.4) is 0 Å². The summed E-state index contributed by atoms with van der Waals surface area (Å²) in [6, 6.07) is 17.0. The zero-order valence-electron chi connectivity index (χ0n) is 16.8. The minimum Gasteiger partial charge on any atom is -0.489 e. The summed E-state index contributed by atoms with van der Waals surface area (Å²) >= 11 is 0. The molecule has 1 N–H and O–H groups in total. The predicted octanol–water partition coefficient (Wildman–Crippen LogP) is 2.51. The largest absolute Gasteiger partial charge is 0.489 e. The van der Waals surface area contributed by atoms with E-state index in [0.717, 1.165) is 16.9 Å². The number of rotatable bonds is 10. The zero-order chi connectivity index (χ0) is 20.7. The standard InChI is InChI=1S/C21H28N2O5S/c1-23-21(20(16-28-23)29(24,25)22-13-6-14-26-2)18-9-11-19(12-10-18)27-15-17-7-4-3-5-8-17/h3-5,7-12,20-22H,6,13-16H2,1-2H3/t20-,21+/m0/s1. The molecule has 2 aromatic carbocycles. The van der Waals surface area contributed by atoms with Crippen LogP contribution in [0.25, 0.3) is 0 Å². The molecule has 1 heterocycles. The predicted molar refractivity (Wildman–Crippen MR) is 111 cm³/mol. The first-order valence-electron chi connectivity index (χ1n) is 9.61. The van der Waals surface area contributed by atoms with E-state index in [4.69, 9.17) is 14.3 Å². The van der Waals surface area contributed by atoms with Crippen molar-refractivity contribution in [1.29, 1.82) is 0 Å². The van der Waals surface area contributed by atoms with Crippen molar-refractivity contribution in [2.24, 2.45) is 0 Å². The fraction of sp³-hybridized carbons (Fsp3) is 0.429. The summed E-state index contributed by atoms with van der Waals surface area (Å²) in [5, 5.41) is 0.921. The van der Waals surface area contributed by atoms with Gasteiger partial charge in [-0.05, 0) is 29.7 Å². The number of nitrogens with one attached hydrogen (secondary N) is 1. The highest BCUT2D eigenvalue weighted by Crippen LogP contribution is 2.34. The molecule has 0 amide bonds. The number of methoxy groups -OCH3 is 1. The number of nitrogens with zero attached hydrogens (tertiary/aromatic N) is 1. The van der Waals surface area contributed by atoms with Gasteiger partial charge in [-0.2, -0.15) is 5.06 Å². The highest BCUT2D eigenvalue weighted by atomic mass is 32.2. The van der Waals surface area contributed by atoms with E-state index in [2.05, 4.69) is 4.72 Å². The second-order valence-electron chi connectivity index (χ2n) is 6.95. The molecule has 0 bridgehead atoms. The third-order valence-corrected chi connectivity index (χ3v) is 6.68. The molecule has 158 valence electrons. The van der Waals surface area contributed by atoms with Crippen LogP contribution in [0, 0.1) is 0 Å². The molecule has 0 aliphatic carbocycles. The molecule has 29 heavy (non-hydrogen) atoms. The number of ether oxygens (including phenoxy) is 2. The van der Waals surface area contributed by atoms with Gasteiger partial charge in [0.05, 0.1) is 12.6 Å². The molecular formula is C21H28N2O5S. The Morgan fingerprint density at radius 2 is 1.86 bits per heavy atom. The van der Waals surface area contributed by atoms with Crippen molar-refractivity contribution in [3.63, 3.8) is 0 Å². The molecule has 1 aliphatic rings. The van der Waals surface area contributed by atoms with Crippen LogP contribution in [0.2, 0.25) is 0 Å². The Morgan fingerprint density at radius 3 is 2.55 bits per heavy atom. The Labute approximate surface area is 172 Å². The average molecular weight is 421 g/mol. The van der Waals surface area contributed by atoms with Crippen molar-refractivity contribution < 1.29 is 22.7 Å². The molecule has 1 saturated heterocycles. The molecule has 1 aliphatic heterocycles. The Balaban J connectivity index is 1.65. The second-order valence-corrected chi connectivity index (χ2v) is 8.94. The number of sulfonamides is 1. The van der Waals surface area contributed by atoms with E-state index in [1.54, 1.807) is 19.2 Å². The summed E-state index contributed by atoms with van der Waals surface area (Å²) in [5.41, 5.74) is 1.95. The van der Waals surface area contributed by atoms with Crippen LogP contribution < -0.4 is 9.46 Å². The van der Waals surface area contributed by atoms with Gasteiger partial charge in [0.15, 0.2) is 0 Å². The summed E-state index contributed by atoms with van der Waals surface area (Å²) in [7, 11) is -0.181. The monoisotopic (exact) mass is 420 g/mol. The van der Waals surface area contributed by atoms with Gasteiger partial charge in [0, 0.05) is 27.3 Å². The van der Waals surface area contributed by atoms with Crippen molar-refractivity contribution in [2.75, 3.05) is 33.9 Å². The maximum absolute atomic E-state index is 12.8. The molecule has 8 heteroatoms. The molecule has 0 aromatic heterocycles. The van der Waals surface area contributed by atoms with Crippen molar-refractivity contribution in [2.45, 2.75) is 24.3 Å². The highest BCUT2D eigenvalue weighted by Gasteiger charge is 2.42. The Hall–Kier alpha value is -1.97. The first kappa shape index (κ1) is 21.7. The SMILES string of the molecule is COCCCNS(=O)(=O)[C@H]1CON(C)[C@@H]1c1ccc(OCc2ccccc2)cc1. The Morgan fingerprint density at radius 1 is 1.14 bits per heavy atom. The highest BCUT2D eigenvalue weighted by molar-refractivity contribution is 7.90. The lowest BCUT2D eigenvalue weighted by Crippen LogP contribution is -2.39. The molecule has 2 atom stereocenters. The molecule has 0 radical (unpaired) electrons. The molecule has 0 unspecified atom stereocenters. The van der Waals surface area contributed by atoms with Crippen LogP contribution >= 0.6 is 0 Å². The number of benzene rings is 2. The normalized spacial score (nSPS) is 20.1. The maximum Gasteiger partial charge on any atom is 0.218 e. The summed E-state index contributed by atoms with van der Waals surface area (Å²) in [6.07, 6.45) is 0.622. The third-order valence-electron chi connectivity index (χ3n) is 4.88. The van der Waals surface area contributed by atoms with Gasteiger partial charge in [0.1, 0.15) is 17.6 Å². The Bertz CT molecular complexity index is 858. The molecular weight excluding hydrogens is 392 g/mol. The topological polar surface area (TPSA) is 77.1 Å². The first-order chi connectivity index (χ1) is 14.0. The van der Waals surface area contributed by atoms with Gasteiger partial charge in [-0.15, -0.1) is 0 Å². The van der Waals surface area contributed by atoms with Gasteiger partial charge in [-0.3, -0.25) is 4.84 Å². The second kappa shape index (κ2) is 10.2. The van der Waals surface area contributed by atoms with Gasteiger partial charge in [0.2, 0.25) is 10.0 Å². The van der Waals surface area contributed by atoms with Crippen molar-refractivity contribution in [3.05, 3.63) is 65.7 Å². The maximum atomic E-state index is 12.8. The van der Waals surface area contributed by atoms with Crippen LogP contribution in [0.15, 0.2) is 54.6 Å². The van der Waals surface area contributed by atoms with Crippen LogP contribution in [0.1, 0.15) is 23.6 Å². The molecule has 0 saturated carbocycles. The summed E-state index contributed by atoms with van der Waals surface area (Å²) in [6.45, 7) is 1.45. The van der Waals surface area contributed by atoms with E-state index in [1.807, 2.05) is 54.6 Å². The van der Waals surface area contributed by atoms with Crippen LogP contribution in [0.5, 0.6) is 5.75 Å². The van der Waals surface area contributed by atoms with E-state index in [0.29, 0.717) is 26.2 Å². The fourth-order valence-electron chi connectivity index (χ4n) is 3.32. The zero-order valence-corrected chi connectivity index (χ0v) is 17.6. The van der Waals surface area contributed by atoms with Crippen LogP contribution in [0.4, 0.5) is 0 Å². The number of hydroxylamine groups is 2. The van der Waals surface area contributed by atoms with E-state index < -0.39 is 21.3 Å². The Kier molecular flexibility index (Phi) is 7.63. The first-order valence-corrected chi connectivity index (χ1v) is 11.2. The van der Waals surface area contributed by atoms with Crippen molar-refractivity contribution >= 4 is 10.0 Å². The molecule has 2 aromatic rings. The summed E-state index contributed by atoms with van der Waals surface area (Å²) in [5.74, 6) is 0.733. The van der Waals surface area contributed by atoms with Gasteiger partial charge < -0.3 is 9.47 Å². The van der Waals surface area contributed by atoms with Gasteiger partial charge >= 0.3 is 0 Å². The van der Waals surface area contributed by atoms with Crippen molar-refractivity contribution in [1.82, 2.24) is 9.79 Å². The smallest absolute Gasteiger partial charge is 0.218 e. The molecule has 3 rings (SSSR count). The van der Waals surface area contributed by atoms with Gasteiger partial charge in [0.25, 0.3) is 0 Å².